The van der Waals surface area contributed by atoms with E-state index in [1.807, 2.05) is 24.3 Å². The maximum absolute atomic E-state index is 5.63. The van der Waals surface area contributed by atoms with E-state index in [1.54, 1.807) is 7.11 Å². The summed E-state index contributed by atoms with van der Waals surface area (Å²) in [6.45, 7) is 10.3. The Morgan fingerprint density at radius 2 is 1.63 bits per heavy atom. The lowest BCUT2D eigenvalue weighted by molar-refractivity contribution is 0.285. The molecular weight excluding hydrogens is 240 g/mol. The minimum atomic E-state index is 0.685. The second-order valence-corrected chi connectivity index (χ2v) is 4.30. The van der Waals surface area contributed by atoms with E-state index in [-0.39, 0.29) is 0 Å². The lowest BCUT2D eigenvalue weighted by Crippen LogP contribution is -2.33. The van der Waals surface area contributed by atoms with Gasteiger partial charge in [0, 0.05) is 19.6 Å². The molecule has 19 heavy (non-hydrogen) atoms. The van der Waals surface area contributed by atoms with Crippen molar-refractivity contribution in [2.75, 3.05) is 46.4 Å². The molecule has 0 fully saturated rings. The molecule has 4 heteroatoms. The summed E-state index contributed by atoms with van der Waals surface area (Å²) in [5, 5.41) is 3.39. The summed E-state index contributed by atoms with van der Waals surface area (Å²) in [6, 6.07) is 7.66. The molecule has 0 aliphatic heterocycles. The molecule has 1 aromatic carbocycles. The zero-order valence-electron chi connectivity index (χ0n) is 12.3. The van der Waals surface area contributed by atoms with Gasteiger partial charge >= 0.3 is 0 Å². The van der Waals surface area contributed by atoms with Crippen LogP contribution in [0, 0.1) is 0 Å². The lowest BCUT2D eigenvalue weighted by atomic mass is 10.3. The van der Waals surface area contributed by atoms with Crippen molar-refractivity contribution in [2.24, 2.45) is 0 Å². The largest absolute Gasteiger partial charge is 0.497 e. The third kappa shape index (κ3) is 6.45. The fourth-order valence-corrected chi connectivity index (χ4v) is 1.82. The van der Waals surface area contributed by atoms with E-state index in [0.717, 1.165) is 44.2 Å². The van der Waals surface area contributed by atoms with Gasteiger partial charge in [0.25, 0.3) is 0 Å². The average Bonchev–Trinajstić information content (AvgIpc) is 2.47. The Hall–Kier alpha value is -1.26. The zero-order chi connectivity index (χ0) is 13.9. The standard InChI is InChI=1S/C15H26N2O2/c1-4-17(5-2)12-10-16-11-13-19-15-8-6-14(18-3)7-9-15/h6-9,16H,4-5,10-13H2,1-3H3. The molecule has 0 bridgehead atoms. The highest BCUT2D eigenvalue weighted by atomic mass is 16.5. The molecule has 1 aromatic rings. The quantitative estimate of drug-likeness (QED) is 0.657. The number of nitrogens with one attached hydrogen (secondary N) is 1. The Kier molecular flexibility index (Phi) is 8.02. The number of benzene rings is 1. The highest BCUT2D eigenvalue weighted by molar-refractivity contribution is 5.31. The van der Waals surface area contributed by atoms with Gasteiger partial charge in [0.05, 0.1) is 7.11 Å². The first-order chi connectivity index (χ1) is 9.30. The van der Waals surface area contributed by atoms with E-state index in [9.17, 15) is 0 Å². The van der Waals surface area contributed by atoms with Crippen LogP contribution in [-0.4, -0.2) is 51.3 Å². The van der Waals surface area contributed by atoms with Crippen LogP contribution in [-0.2, 0) is 0 Å². The van der Waals surface area contributed by atoms with Crippen molar-refractivity contribution in [3.05, 3.63) is 24.3 Å². The minimum absolute atomic E-state index is 0.685. The smallest absolute Gasteiger partial charge is 0.119 e. The van der Waals surface area contributed by atoms with E-state index in [1.165, 1.54) is 0 Å². The topological polar surface area (TPSA) is 33.7 Å². The van der Waals surface area contributed by atoms with Gasteiger partial charge < -0.3 is 19.7 Å². The summed E-state index contributed by atoms with van der Waals surface area (Å²) >= 11 is 0. The van der Waals surface area contributed by atoms with Gasteiger partial charge in [-0.25, -0.2) is 0 Å². The van der Waals surface area contributed by atoms with E-state index < -0.39 is 0 Å². The third-order valence-electron chi connectivity index (χ3n) is 3.11. The molecule has 0 radical (unpaired) electrons. The SMILES string of the molecule is CCN(CC)CCNCCOc1ccc(OC)cc1. The Balaban J connectivity index is 2.07. The Morgan fingerprint density at radius 1 is 1.00 bits per heavy atom. The van der Waals surface area contributed by atoms with E-state index >= 15 is 0 Å². The van der Waals surface area contributed by atoms with E-state index in [2.05, 4.69) is 24.1 Å². The normalized spacial score (nSPS) is 10.7. The van der Waals surface area contributed by atoms with Crippen molar-refractivity contribution in [3.63, 3.8) is 0 Å². The molecule has 0 unspecified atom stereocenters. The average molecular weight is 266 g/mol. The lowest BCUT2D eigenvalue weighted by Gasteiger charge is -2.18. The summed E-state index contributed by atoms with van der Waals surface area (Å²) in [5.74, 6) is 1.73. The van der Waals surface area contributed by atoms with Crippen LogP contribution in [0.3, 0.4) is 0 Å². The number of nitrogens with zero attached hydrogens (tertiary/aromatic N) is 1. The number of hydrogen-bond donors (Lipinski definition) is 1. The Bertz CT molecular complexity index is 323. The van der Waals surface area contributed by atoms with Crippen molar-refractivity contribution in [1.29, 1.82) is 0 Å². The second kappa shape index (κ2) is 9.64. The van der Waals surface area contributed by atoms with Gasteiger partial charge in [0.1, 0.15) is 18.1 Å². The van der Waals surface area contributed by atoms with E-state index in [0.29, 0.717) is 6.61 Å². The van der Waals surface area contributed by atoms with Gasteiger partial charge in [-0.3, -0.25) is 0 Å². The third-order valence-corrected chi connectivity index (χ3v) is 3.11. The molecule has 4 nitrogen and oxygen atoms in total. The number of hydrogen-bond acceptors (Lipinski definition) is 4. The molecule has 0 amide bonds. The van der Waals surface area contributed by atoms with Crippen molar-refractivity contribution in [1.82, 2.24) is 10.2 Å². The van der Waals surface area contributed by atoms with Gasteiger partial charge in [0.2, 0.25) is 0 Å². The number of likely N-dealkylation sites (N-methyl/N-ethyl adjacent to an activating group) is 1. The molecule has 0 aliphatic carbocycles. The first kappa shape index (κ1) is 15.8. The van der Waals surface area contributed by atoms with Crippen LogP contribution in [0.15, 0.2) is 24.3 Å². The maximum atomic E-state index is 5.63. The minimum Gasteiger partial charge on any atom is -0.497 e. The maximum Gasteiger partial charge on any atom is 0.119 e. The fourth-order valence-electron chi connectivity index (χ4n) is 1.82. The van der Waals surface area contributed by atoms with Crippen molar-refractivity contribution in [2.45, 2.75) is 13.8 Å². The summed E-state index contributed by atoms with van der Waals surface area (Å²) in [5.41, 5.74) is 0. The van der Waals surface area contributed by atoms with Crippen molar-refractivity contribution < 1.29 is 9.47 Å². The molecule has 0 heterocycles. The summed E-state index contributed by atoms with van der Waals surface area (Å²) in [6.07, 6.45) is 0. The first-order valence-electron chi connectivity index (χ1n) is 7.00. The van der Waals surface area contributed by atoms with Crippen LogP contribution in [0.1, 0.15) is 13.8 Å². The second-order valence-electron chi connectivity index (χ2n) is 4.30. The van der Waals surface area contributed by atoms with Crippen LogP contribution >= 0.6 is 0 Å². The molecule has 108 valence electrons. The first-order valence-corrected chi connectivity index (χ1v) is 7.00. The molecule has 0 atom stereocenters. The Labute approximate surface area is 116 Å². The van der Waals surface area contributed by atoms with Crippen molar-refractivity contribution >= 4 is 0 Å². The number of rotatable bonds is 10. The fraction of sp³-hybridized carbons (Fsp3) is 0.600. The van der Waals surface area contributed by atoms with Crippen LogP contribution in [0.25, 0.3) is 0 Å². The van der Waals surface area contributed by atoms with Crippen LogP contribution < -0.4 is 14.8 Å². The Morgan fingerprint density at radius 3 is 2.21 bits per heavy atom. The molecule has 0 saturated heterocycles. The molecule has 1 N–H and O–H groups in total. The summed E-state index contributed by atoms with van der Waals surface area (Å²) in [7, 11) is 1.66. The summed E-state index contributed by atoms with van der Waals surface area (Å²) < 4.78 is 10.7. The molecule has 1 rings (SSSR count). The van der Waals surface area contributed by atoms with Gasteiger partial charge in [-0.1, -0.05) is 13.8 Å². The van der Waals surface area contributed by atoms with Crippen LogP contribution in [0.4, 0.5) is 0 Å². The van der Waals surface area contributed by atoms with Gasteiger partial charge in [-0.05, 0) is 37.4 Å². The number of methoxy groups -OCH3 is 1. The summed E-state index contributed by atoms with van der Waals surface area (Å²) in [4.78, 5) is 2.40. The monoisotopic (exact) mass is 266 g/mol. The molecule has 0 saturated carbocycles. The van der Waals surface area contributed by atoms with Gasteiger partial charge in [-0.2, -0.15) is 0 Å². The zero-order valence-corrected chi connectivity index (χ0v) is 12.3. The molecular formula is C15H26N2O2. The van der Waals surface area contributed by atoms with E-state index in [4.69, 9.17) is 9.47 Å². The predicted octanol–water partition coefficient (Wildman–Crippen LogP) is 2.01. The highest BCUT2D eigenvalue weighted by Gasteiger charge is 1.98. The van der Waals surface area contributed by atoms with Crippen LogP contribution in [0.2, 0.25) is 0 Å². The van der Waals surface area contributed by atoms with Crippen molar-refractivity contribution in [3.8, 4) is 11.5 Å². The van der Waals surface area contributed by atoms with Crippen LogP contribution in [0.5, 0.6) is 11.5 Å². The highest BCUT2D eigenvalue weighted by Crippen LogP contribution is 2.16. The molecule has 0 spiro atoms. The van der Waals surface area contributed by atoms with Gasteiger partial charge in [-0.15, -0.1) is 0 Å². The number of ether oxygens (including phenoxy) is 2. The molecule has 0 aromatic heterocycles. The molecule has 0 aliphatic rings. The van der Waals surface area contributed by atoms with Gasteiger partial charge in [0.15, 0.2) is 0 Å². The predicted molar refractivity (Wildman–Crippen MR) is 79.1 cm³/mol.